The number of sulfonamides is 1. The summed E-state index contributed by atoms with van der Waals surface area (Å²) in [5.41, 5.74) is 0.513. The summed E-state index contributed by atoms with van der Waals surface area (Å²) in [6.45, 7) is 0.576. The van der Waals surface area contributed by atoms with Gasteiger partial charge in [0.1, 0.15) is 11.5 Å². The van der Waals surface area contributed by atoms with Crippen molar-refractivity contribution in [2.45, 2.75) is 17.4 Å². The smallest absolute Gasteiger partial charge is 0.295 e. The predicted molar refractivity (Wildman–Crippen MR) is 121 cm³/mol. The number of ether oxygens (including phenoxy) is 1. The Morgan fingerprint density at radius 3 is 2.36 bits per heavy atom. The molecule has 0 saturated carbocycles. The first kappa shape index (κ1) is 24.4. The van der Waals surface area contributed by atoms with Crippen molar-refractivity contribution in [1.29, 1.82) is 0 Å². The molecule has 3 rings (SSSR count). The maximum atomic E-state index is 12.9. The molecule has 0 radical (unpaired) electrons. The van der Waals surface area contributed by atoms with Crippen molar-refractivity contribution in [1.82, 2.24) is 9.21 Å². The fraction of sp³-hybridized carbons (Fsp3) is 0.304. The number of aromatic hydroxyl groups is 1. The van der Waals surface area contributed by atoms with Crippen LogP contribution in [0, 0.1) is 0 Å². The molecule has 1 aliphatic heterocycles. The van der Waals surface area contributed by atoms with E-state index >= 15 is 0 Å². The van der Waals surface area contributed by atoms with Crippen molar-refractivity contribution in [2.75, 3.05) is 34.4 Å². The summed E-state index contributed by atoms with van der Waals surface area (Å²) in [4.78, 5) is 27.1. The molecule has 1 amide bonds. The summed E-state index contributed by atoms with van der Waals surface area (Å²) < 4.78 is 30.7. The number of Topliss-reactive ketones (excluding diaryl/α,β-unsaturated/α-hetero) is 1. The lowest BCUT2D eigenvalue weighted by molar-refractivity contribution is -0.140. The topological polar surface area (TPSA) is 124 Å². The first-order valence-electron chi connectivity index (χ1n) is 10.2. The highest BCUT2D eigenvalue weighted by Gasteiger charge is 2.45. The Morgan fingerprint density at radius 1 is 1.12 bits per heavy atom. The van der Waals surface area contributed by atoms with Gasteiger partial charge in [-0.3, -0.25) is 9.59 Å². The van der Waals surface area contributed by atoms with Crippen LogP contribution in [-0.2, 0) is 24.3 Å². The number of aliphatic hydroxyl groups is 1. The number of aliphatic hydroxyl groups excluding tert-OH is 1. The van der Waals surface area contributed by atoms with Crippen molar-refractivity contribution in [2.24, 2.45) is 0 Å². The second kappa shape index (κ2) is 9.74. The average Bonchev–Trinajstić information content (AvgIpc) is 3.03. The van der Waals surface area contributed by atoms with Gasteiger partial charge in [0.05, 0.1) is 16.5 Å². The maximum absolute atomic E-state index is 12.9. The molecule has 1 atom stereocenters. The Kier molecular flexibility index (Phi) is 7.21. The number of nitrogens with zero attached hydrogens (tertiary/aromatic N) is 2. The molecule has 2 N–H and O–H groups in total. The summed E-state index contributed by atoms with van der Waals surface area (Å²) in [6.07, 6.45) is 0.468. The first-order chi connectivity index (χ1) is 15.6. The van der Waals surface area contributed by atoms with Crippen LogP contribution >= 0.6 is 0 Å². The van der Waals surface area contributed by atoms with Crippen molar-refractivity contribution in [3.8, 4) is 5.75 Å². The highest BCUT2D eigenvalue weighted by atomic mass is 32.2. The molecule has 0 aromatic heterocycles. The molecule has 1 heterocycles. The zero-order valence-electron chi connectivity index (χ0n) is 18.6. The van der Waals surface area contributed by atoms with E-state index in [1.54, 1.807) is 12.1 Å². The Hall–Kier alpha value is -3.21. The number of carbonyl (C=O) groups excluding carboxylic acids is 2. The molecule has 2 aromatic rings. The number of hydrogen-bond donors (Lipinski definition) is 2. The summed E-state index contributed by atoms with van der Waals surface area (Å²) in [7, 11) is 0.670. The Balaban J connectivity index is 2.10. The summed E-state index contributed by atoms with van der Waals surface area (Å²) in [5, 5.41) is 21.0. The van der Waals surface area contributed by atoms with Crippen LogP contribution in [0.15, 0.2) is 59.0 Å². The first-order valence-corrected chi connectivity index (χ1v) is 11.6. The molecule has 176 valence electrons. The molecule has 0 spiro atoms. The number of likely N-dealkylation sites (tertiary alicyclic amines) is 1. The van der Waals surface area contributed by atoms with Crippen LogP contribution < -0.4 is 0 Å². The lowest BCUT2D eigenvalue weighted by Gasteiger charge is -2.25. The molecule has 10 heteroatoms. The molecular formula is C23H26N2O7S. The number of benzene rings is 2. The van der Waals surface area contributed by atoms with Crippen molar-refractivity contribution in [3.63, 3.8) is 0 Å². The van der Waals surface area contributed by atoms with Gasteiger partial charge >= 0.3 is 0 Å². The second-order valence-corrected chi connectivity index (χ2v) is 9.90. The number of phenols is 1. The summed E-state index contributed by atoms with van der Waals surface area (Å²) >= 11 is 0. The third-order valence-corrected chi connectivity index (χ3v) is 7.21. The number of hydrogen-bond acceptors (Lipinski definition) is 7. The van der Waals surface area contributed by atoms with E-state index in [0.717, 1.165) is 4.31 Å². The minimum Gasteiger partial charge on any atom is -0.508 e. The van der Waals surface area contributed by atoms with Crippen LogP contribution in [0.4, 0.5) is 0 Å². The molecule has 0 unspecified atom stereocenters. The Labute approximate surface area is 192 Å². The van der Waals surface area contributed by atoms with Gasteiger partial charge < -0.3 is 19.8 Å². The molecule has 9 nitrogen and oxygen atoms in total. The lowest BCUT2D eigenvalue weighted by Crippen LogP contribution is -2.31. The van der Waals surface area contributed by atoms with Crippen LogP contribution in [-0.4, -0.2) is 73.9 Å². The molecule has 0 aliphatic carbocycles. The zero-order chi connectivity index (χ0) is 24.3. The van der Waals surface area contributed by atoms with E-state index in [4.69, 9.17) is 4.74 Å². The van der Waals surface area contributed by atoms with Crippen LogP contribution in [0.2, 0.25) is 0 Å². The molecule has 2 aromatic carbocycles. The van der Waals surface area contributed by atoms with Gasteiger partial charge in [-0.05, 0) is 48.4 Å². The van der Waals surface area contributed by atoms with Gasteiger partial charge in [-0.1, -0.05) is 12.1 Å². The average molecular weight is 475 g/mol. The van der Waals surface area contributed by atoms with Crippen LogP contribution in [0.3, 0.4) is 0 Å². The quantitative estimate of drug-likeness (QED) is 0.260. The van der Waals surface area contributed by atoms with Gasteiger partial charge in [0.2, 0.25) is 10.0 Å². The fourth-order valence-electron chi connectivity index (χ4n) is 3.68. The van der Waals surface area contributed by atoms with Crippen molar-refractivity contribution in [3.05, 3.63) is 65.2 Å². The second-order valence-electron chi connectivity index (χ2n) is 7.75. The van der Waals surface area contributed by atoms with E-state index in [-0.39, 0.29) is 28.3 Å². The van der Waals surface area contributed by atoms with Crippen LogP contribution in [0.1, 0.15) is 23.6 Å². The largest absolute Gasteiger partial charge is 0.508 e. The van der Waals surface area contributed by atoms with Gasteiger partial charge in [-0.25, -0.2) is 12.7 Å². The normalized spacial score (nSPS) is 18.3. The number of ketones is 1. The fourth-order valence-corrected chi connectivity index (χ4v) is 4.58. The third kappa shape index (κ3) is 4.77. The van der Waals surface area contributed by atoms with Gasteiger partial charge in [-0.2, -0.15) is 0 Å². The van der Waals surface area contributed by atoms with Crippen LogP contribution in [0.5, 0.6) is 5.75 Å². The highest BCUT2D eigenvalue weighted by Crippen LogP contribution is 2.40. The number of amides is 1. The van der Waals surface area contributed by atoms with E-state index in [1.807, 2.05) is 0 Å². The van der Waals surface area contributed by atoms with E-state index in [2.05, 4.69) is 0 Å². The van der Waals surface area contributed by atoms with Gasteiger partial charge in [-0.15, -0.1) is 0 Å². The molecule has 1 saturated heterocycles. The van der Waals surface area contributed by atoms with Gasteiger partial charge in [0, 0.05) is 39.9 Å². The number of rotatable bonds is 8. The number of carbonyl (C=O) groups is 2. The van der Waals surface area contributed by atoms with Crippen molar-refractivity contribution >= 4 is 27.5 Å². The van der Waals surface area contributed by atoms with E-state index in [9.17, 15) is 28.2 Å². The standard InChI is InChI=1S/C23H26N2O7S/c1-24(2)33(30,31)18-10-8-15(9-11-18)21(27)19-20(16-6-4-7-17(26)14-16)25(12-5-13-32-3)23(29)22(19)28/h4,6-11,14,20,26-27H,5,12-13H2,1-3H3/b21-19+/t20-/m0/s1. The lowest BCUT2D eigenvalue weighted by atomic mass is 9.95. The van der Waals surface area contributed by atoms with E-state index in [0.29, 0.717) is 18.6 Å². The molecule has 0 bridgehead atoms. The monoisotopic (exact) mass is 474 g/mol. The molecule has 33 heavy (non-hydrogen) atoms. The zero-order valence-corrected chi connectivity index (χ0v) is 19.4. The Bertz CT molecular complexity index is 1190. The highest BCUT2D eigenvalue weighted by molar-refractivity contribution is 7.89. The minimum atomic E-state index is -3.67. The van der Waals surface area contributed by atoms with Gasteiger partial charge in [0.15, 0.2) is 0 Å². The molecular weight excluding hydrogens is 448 g/mol. The molecule has 1 aliphatic rings. The van der Waals surface area contributed by atoms with Crippen LogP contribution in [0.25, 0.3) is 5.76 Å². The van der Waals surface area contributed by atoms with Crippen molar-refractivity contribution < 1.29 is 33.0 Å². The van der Waals surface area contributed by atoms with Gasteiger partial charge in [0.25, 0.3) is 11.7 Å². The Morgan fingerprint density at radius 2 is 1.79 bits per heavy atom. The third-order valence-electron chi connectivity index (χ3n) is 5.38. The SMILES string of the molecule is COCCCN1C(=O)C(=O)/C(=C(/O)c2ccc(S(=O)(=O)N(C)C)cc2)[C@@H]1c1cccc(O)c1. The summed E-state index contributed by atoms with van der Waals surface area (Å²) in [5.74, 6) is -2.10. The minimum absolute atomic E-state index is 0.0219. The number of methoxy groups -OCH3 is 1. The molecule has 1 fully saturated rings. The van der Waals surface area contributed by atoms with E-state index < -0.39 is 33.5 Å². The predicted octanol–water partition coefficient (Wildman–Crippen LogP) is 2.10. The maximum Gasteiger partial charge on any atom is 0.295 e. The summed E-state index contributed by atoms with van der Waals surface area (Å²) in [6, 6.07) is 10.6. The van der Waals surface area contributed by atoms with E-state index in [1.165, 1.54) is 62.5 Å². The number of phenolic OH excluding ortho intramolecular Hbond substituents is 1.